The number of rotatable bonds is 4. The van der Waals surface area contributed by atoms with Gasteiger partial charge >= 0.3 is 6.03 Å². The molecular formula is C20H15Cl2N3O3. The van der Waals surface area contributed by atoms with Crippen molar-refractivity contribution in [2.24, 2.45) is 0 Å². The standard InChI is InChI=1S/C20H15Cl2N3O3/c1-20(13-7-8-15(21)16(22)9-13)18(26)25(19(27)24-20)10-14-11-28-17(23-14)12-5-3-2-4-6-12/h2-9,11H,10H2,1H3,(H,24,27)/t20-/m0/s1. The molecule has 1 aromatic heterocycles. The second-order valence-corrected chi connectivity index (χ2v) is 7.40. The van der Waals surface area contributed by atoms with Crippen molar-refractivity contribution in [1.29, 1.82) is 0 Å². The number of nitrogens with one attached hydrogen (secondary N) is 1. The first-order chi connectivity index (χ1) is 13.4. The number of hydrogen-bond donors (Lipinski definition) is 1. The van der Waals surface area contributed by atoms with Crippen LogP contribution < -0.4 is 5.32 Å². The number of imide groups is 1. The molecule has 142 valence electrons. The van der Waals surface area contributed by atoms with Gasteiger partial charge in [0.25, 0.3) is 5.91 Å². The van der Waals surface area contributed by atoms with E-state index in [1.54, 1.807) is 25.1 Å². The molecule has 1 atom stereocenters. The lowest BCUT2D eigenvalue weighted by atomic mass is 9.92. The molecule has 0 aliphatic carbocycles. The van der Waals surface area contributed by atoms with E-state index in [-0.39, 0.29) is 6.54 Å². The molecule has 8 heteroatoms. The highest BCUT2D eigenvalue weighted by molar-refractivity contribution is 6.42. The van der Waals surface area contributed by atoms with Crippen molar-refractivity contribution >= 4 is 35.1 Å². The molecule has 4 rings (SSSR count). The lowest BCUT2D eigenvalue weighted by Gasteiger charge is -2.22. The van der Waals surface area contributed by atoms with Crippen molar-refractivity contribution in [3.63, 3.8) is 0 Å². The van der Waals surface area contributed by atoms with E-state index in [0.717, 1.165) is 10.5 Å². The second-order valence-electron chi connectivity index (χ2n) is 6.59. The van der Waals surface area contributed by atoms with E-state index < -0.39 is 17.5 Å². The van der Waals surface area contributed by atoms with Gasteiger partial charge < -0.3 is 9.73 Å². The summed E-state index contributed by atoms with van der Waals surface area (Å²) in [6.45, 7) is 1.63. The van der Waals surface area contributed by atoms with E-state index in [4.69, 9.17) is 27.6 Å². The van der Waals surface area contributed by atoms with E-state index in [0.29, 0.717) is 27.2 Å². The molecule has 3 aromatic rings. The molecule has 3 amide bonds. The van der Waals surface area contributed by atoms with Crippen LogP contribution in [-0.4, -0.2) is 21.8 Å². The van der Waals surface area contributed by atoms with Crippen molar-refractivity contribution in [1.82, 2.24) is 15.2 Å². The number of carbonyl (C=O) groups is 2. The Bertz CT molecular complexity index is 1070. The molecule has 1 fully saturated rings. The molecule has 0 saturated carbocycles. The van der Waals surface area contributed by atoms with Gasteiger partial charge in [-0.25, -0.2) is 9.78 Å². The van der Waals surface area contributed by atoms with Crippen LogP contribution >= 0.6 is 23.2 Å². The van der Waals surface area contributed by atoms with E-state index in [9.17, 15) is 9.59 Å². The number of carbonyl (C=O) groups excluding carboxylic acids is 2. The van der Waals surface area contributed by atoms with Gasteiger partial charge in [0.2, 0.25) is 5.89 Å². The smallest absolute Gasteiger partial charge is 0.325 e. The van der Waals surface area contributed by atoms with Gasteiger partial charge in [0.05, 0.1) is 22.3 Å². The van der Waals surface area contributed by atoms with Gasteiger partial charge in [-0.15, -0.1) is 0 Å². The third-order valence-corrected chi connectivity index (χ3v) is 5.40. The SMILES string of the molecule is C[C@@]1(c2ccc(Cl)c(Cl)c2)NC(=O)N(Cc2coc(-c3ccccc3)n2)C1=O. The number of amides is 3. The first-order valence-electron chi connectivity index (χ1n) is 8.48. The summed E-state index contributed by atoms with van der Waals surface area (Å²) in [5, 5.41) is 3.41. The summed E-state index contributed by atoms with van der Waals surface area (Å²) >= 11 is 12.0. The van der Waals surface area contributed by atoms with Crippen LogP contribution in [0.25, 0.3) is 11.5 Å². The van der Waals surface area contributed by atoms with E-state index in [2.05, 4.69) is 10.3 Å². The zero-order chi connectivity index (χ0) is 19.9. The number of urea groups is 1. The molecule has 1 saturated heterocycles. The fourth-order valence-corrected chi connectivity index (χ4v) is 3.40. The van der Waals surface area contributed by atoms with Crippen LogP contribution in [0.3, 0.4) is 0 Å². The van der Waals surface area contributed by atoms with E-state index in [1.165, 1.54) is 6.26 Å². The van der Waals surface area contributed by atoms with E-state index >= 15 is 0 Å². The van der Waals surface area contributed by atoms with Gasteiger partial charge in [-0.05, 0) is 36.8 Å². The summed E-state index contributed by atoms with van der Waals surface area (Å²) in [4.78, 5) is 31.0. The monoisotopic (exact) mass is 415 g/mol. The van der Waals surface area contributed by atoms with Crippen LogP contribution in [0.15, 0.2) is 59.2 Å². The Morgan fingerprint density at radius 1 is 1.11 bits per heavy atom. The molecule has 6 nitrogen and oxygen atoms in total. The fraction of sp³-hybridized carbons (Fsp3) is 0.150. The average Bonchev–Trinajstić information content (AvgIpc) is 3.24. The Hall–Kier alpha value is -2.83. The van der Waals surface area contributed by atoms with Gasteiger partial charge in [0.15, 0.2) is 0 Å². The molecule has 1 N–H and O–H groups in total. The number of hydrogen-bond acceptors (Lipinski definition) is 4. The third-order valence-electron chi connectivity index (χ3n) is 4.66. The number of halogens is 2. The van der Waals surface area contributed by atoms with Crippen LogP contribution in [0, 0.1) is 0 Å². The Morgan fingerprint density at radius 3 is 2.57 bits per heavy atom. The predicted octanol–water partition coefficient (Wildman–Crippen LogP) is 4.62. The zero-order valence-corrected chi connectivity index (χ0v) is 16.3. The first-order valence-corrected chi connectivity index (χ1v) is 9.23. The van der Waals surface area contributed by atoms with Gasteiger partial charge in [-0.1, -0.05) is 47.5 Å². The Balaban J connectivity index is 1.58. The first kappa shape index (κ1) is 18.5. The molecule has 0 spiro atoms. The Morgan fingerprint density at radius 2 is 1.86 bits per heavy atom. The van der Waals surface area contributed by atoms with Gasteiger partial charge in [-0.2, -0.15) is 0 Å². The second kappa shape index (κ2) is 6.96. The Labute approximate surface area is 171 Å². The molecule has 0 bridgehead atoms. The molecular weight excluding hydrogens is 401 g/mol. The van der Waals surface area contributed by atoms with Crippen molar-refractivity contribution in [3.8, 4) is 11.5 Å². The summed E-state index contributed by atoms with van der Waals surface area (Å²) in [5.41, 5.74) is 0.595. The zero-order valence-electron chi connectivity index (χ0n) is 14.8. The maximum atomic E-state index is 13.0. The molecule has 2 heterocycles. The van der Waals surface area contributed by atoms with Crippen LogP contribution in [-0.2, 0) is 16.9 Å². The molecule has 2 aromatic carbocycles. The van der Waals surface area contributed by atoms with Crippen molar-refractivity contribution in [2.45, 2.75) is 19.0 Å². The molecule has 28 heavy (non-hydrogen) atoms. The minimum Gasteiger partial charge on any atom is -0.444 e. The largest absolute Gasteiger partial charge is 0.444 e. The topological polar surface area (TPSA) is 75.4 Å². The maximum absolute atomic E-state index is 13.0. The average molecular weight is 416 g/mol. The van der Waals surface area contributed by atoms with Crippen molar-refractivity contribution < 1.29 is 14.0 Å². The summed E-state index contributed by atoms with van der Waals surface area (Å²) in [7, 11) is 0. The summed E-state index contributed by atoms with van der Waals surface area (Å²) in [5.74, 6) is 0.0232. The lowest BCUT2D eigenvalue weighted by Crippen LogP contribution is -2.40. The minimum atomic E-state index is -1.24. The van der Waals surface area contributed by atoms with Gasteiger partial charge in [0.1, 0.15) is 11.8 Å². The van der Waals surface area contributed by atoms with Crippen LogP contribution in [0.5, 0.6) is 0 Å². The van der Waals surface area contributed by atoms with Crippen molar-refractivity contribution in [3.05, 3.63) is 76.1 Å². The summed E-state index contributed by atoms with van der Waals surface area (Å²) < 4.78 is 5.48. The third kappa shape index (κ3) is 3.15. The van der Waals surface area contributed by atoms with Crippen LogP contribution in [0.2, 0.25) is 10.0 Å². The molecule has 0 unspecified atom stereocenters. The van der Waals surface area contributed by atoms with Gasteiger partial charge in [-0.3, -0.25) is 9.69 Å². The maximum Gasteiger partial charge on any atom is 0.325 e. The number of benzene rings is 2. The highest BCUT2D eigenvalue weighted by Crippen LogP contribution is 2.33. The highest BCUT2D eigenvalue weighted by Gasteiger charge is 2.49. The quantitative estimate of drug-likeness (QED) is 0.630. The van der Waals surface area contributed by atoms with Gasteiger partial charge in [0, 0.05) is 5.56 Å². The minimum absolute atomic E-state index is 0.00207. The van der Waals surface area contributed by atoms with Crippen molar-refractivity contribution in [2.75, 3.05) is 0 Å². The summed E-state index contributed by atoms with van der Waals surface area (Å²) in [6, 6.07) is 13.7. The van der Waals surface area contributed by atoms with E-state index in [1.807, 2.05) is 30.3 Å². The van der Waals surface area contributed by atoms with Crippen LogP contribution in [0.1, 0.15) is 18.2 Å². The predicted molar refractivity (Wildman–Crippen MR) is 105 cm³/mol. The lowest BCUT2D eigenvalue weighted by molar-refractivity contribution is -0.131. The Kier molecular flexibility index (Phi) is 4.61. The number of aromatic nitrogens is 1. The highest BCUT2D eigenvalue weighted by atomic mass is 35.5. The molecule has 0 radical (unpaired) electrons. The fourth-order valence-electron chi connectivity index (χ4n) is 3.10. The number of oxazole rings is 1. The molecule has 1 aliphatic rings. The normalized spacial score (nSPS) is 19.2. The van der Waals surface area contributed by atoms with Crippen LogP contribution in [0.4, 0.5) is 4.79 Å². The number of nitrogens with zero attached hydrogens (tertiary/aromatic N) is 2. The summed E-state index contributed by atoms with van der Waals surface area (Å²) in [6.07, 6.45) is 1.44. The molecule has 1 aliphatic heterocycles.